The van der Waals surface area contributed by atoms with Crippen molar-refractivity contribution in [3.8, 4) is 17.0 Å². The van der Waals surface area contributed by atoms with Crippen LogP contribution >= 0.6 is 35.4 Å². The van der Waals surface area contributed by atoms with Gasteiger partial charge in [0.25, 0.3) is 5.91 Å². The van der Waals surface area contributed by atoms with E-state index in [1.54, 1.807) is 35.1 Å². The van der Waals surface area contributed by atoms with Gasteiger partial charge in [-0.15, -0.1) is 10.2 Å². The van der Waals surface area contributed by atoms with Crippen molar-refractivity contribution in [2.75, 3.05) is 5.32 Å². The van der Waals surface area contributed by atoms with Crippen LogP contribution in [0.2, 0.25) is 10.0 Å². The number of halogens is 2. The molecular weight excluding hydrogens is 553 g/mol. The summed E-state index contributed by atoms with van der Waals surface area (Å²) in [4.78, 5) is 14.3. The molecule has 0 saturated heterocycles. The topological polar surface area (TPSA) is 85.0 Å². The molecule has 0 radical (unpaired) electrons. The third-order valence-corrected chi connectivity index (χ3v) is 7.14. The third-order valence-electron chi connectivity index (χ3n) is 6.22. The van der Waals surface area contributed by atoms with Crippen molar-refractivity contribution < 1.29 is 9.21 Å². The van der Waals surface area contributed by atoms with Crippen molar-refractivity contribution >= 4 is 63.2 Å². The van der Waals surface area contributed by atoms with Crippen molar-refractivity contribution in [3.05, 3.63) is 93.7 Å². The molecule has 1 amide bonds. The van der Waals surface area contributed by atoms with E-state index in [-0.39, 0.29) is 10.9 Å². The summed E-state index contributed by atoms with van der Waals surface area (Å²) in [5.41, 5.74) is 5.61. The Hall–Kier alpha value is -3.72. The van der Waals surface area contributed by atoms with Crippen LogP contribution in [0.1, 0.15) is 41.4 Å². The van der Waals surface area contributed by atoms with Gasteiger partial charge in [-0.3, -0.25) is 10.1 Å². The van der Waals surface area contributed by atoms with Crippen molar-refractivity contribution in [1.82, 2.24) is 20.3 Å². The quantitative estimate of drug-likeness (QED) is 0.192. The molecule has 5 rings (SSSR count). The number of carbonyl (C=O) groups excluding carboxylic acids is 1. The Kier molecular flexibility index (Phi) is 7.97. The summed E-state index contributed by atoms with van der Waals surface area (Å²) in [5.74, 6) is 0.131. The van der Waals surface area contributed by atoms with E-state index in [9.17, 15) is 4.79 Å². The number of nitrogens with one attached hydrogen (secondary N) is 2. The maximum atomic E-state index is 12.7. The number of aryl methyl sites for hydroxylation is 2. The van der Waals surface area contributed by atoms with Gasteiger partial charge in [-0.25, -0.2) is 0 Å². The Bertz CT molecular complexity index is 1680. The predicted octanol–water partition coefficient (Wildman–Crippen LogP) is 7.77. The molecule has 0 bridgehead atoms. The zero-order valence-electron chi connectivity index (χ0n) is 21.3. The molecule has 7 nitrogen and oxygen atoms in total. The summed E-state index contributed by atoms with van der Waals surface area (Å²) in [5, 5.41) is 15.8. The van der Waals surface area contributed by atoms with Crippen LogP contribution in [0.3, 0.4) is 0 Å². The van der Waals surface area contributed by atoms with E-state index in [4.69, 9.17) is 39.8 Å². The smallest absolute Gasteiger partial charge is 0.293 e. The highest BCUT2D eigenvalue weighted by atomic mass is 35.5. The normalized spacial score (nSPS) is 11.1. The fraction of sp³-hybridized carbons (Fsp3) is 0.172. The molecule has 5 aromatic rings. The number of anilines is 1. The van der Waals surface area contributed by atoms with Crippen molar-refractivity contribution in [2.24, 2.45) is 0 Å². The lowest BCUT2D eigenvalue weighted by Gasteiger charge is -2.10. The monoisotopic (exact) mass is 577 g/mol. The number of carbonyl (C=O) groups is 1. The molecule has 198 valence electrons. The lowest BCUT2D eigenvalue weighted by atomic mass is 10.1. The summed E-state index contributed by atoms with van der Waals surface area (Å²) < 4.78 is 5.73. The highest BCUT2D eigenvalue weighted by Gasteiger charge is 2.16. The van der Waals surface area contributed by atoms with Gasteiger partial charge in [-0.2, -0.15) is 4.80 Å². The number of furan rings is 1. The summed E-state index contributed by atoms with van der Waals surface area (Å²) >= 11 is 18.0. The number of hydrogen-bond donors (Lipinski definition) is 2. The number of aromatic nitrogens is 3. The Morgan fingerprint density at radius 1 is 0.974 bits per heavy atom. The fourth-order valence-corrected chi connectivity index (χ4v) is 4.59. The Balaban J connectivity index is 1.26. The molecule has 0 fully saturated rings. The minimum absolute atomic E-state index is 0.0626. The number of amides is 1. The van der Waals surface area contributed by atoms with Crippen LogP contribution in [0.4, 0.5) is 5.69 Å². The van der Waals surface area contributed by atoms with Crippen LogP contribution in [0.25, 0.3) is 28.0 Å². The summed E-state index contributed by atoms with van der Waals surface area (Å²) in [6.07, 6.45) is 3.37. The van der Waals surface area contributed by atoms with E-state index in [1.165, 1.54) is 5.56 Å². The first kappa shape index (κ1) is 26.9. The van der Waals surface area contributed by atoms with Crippen LogP contribution in [-0.4, -0.2) is 26.0 Å². The molecule has 10 heteroatoms. The minimum atomic E-state index is -0.498. The van der Waals surface area contributed by atoms with E-state index in [1.807, 2.05) is 31.2 Å². The van der Waals surface area contributed by atoms with Crippen LogP contribution in [0.5, 0.6) is 0 Å². The molecule has 2 N–H and O–H groups in total. The second-order valence-corrected chi connectivity index (χ2v) is 10.3. The maximum absolute atomic E-state index is 12.7. The van der Waals surface area contributed by atoms with Gasteiger partial charge < -0.3 is 9.73 Å². The zero-order chi connectivity index (χ0) is 27.5. The first-order valence-corrected chi connectivity index (χ1v) is 13.6. The predicted molar refractivity (Wildman–Crippen MR) is 160 cm³/mol. The number of benzene rings is 3. The fourth-order valence-electron chi connectivity index (χ4n) is 4.01. The van der Waals surface area contributed by atoms with Gasteiger partial charge in [-0.1, -0.05) is 60.8 Å². The van der Waals surface area contributed by atoms with Gasteiger partial charge in [-0.05, 0) is 85.6 Å². The van der Waals surface area contributed by atoms with Gasteiger partial charge >= 0.3 is 0 Å². The first-order valence-electron chi connectivity index (χ1n) is 12.5. The largest absolute Gasteiger partial charge is 0.451 e. The number of unbranched alkanes of at least 4 members (excludes halogenated alkanes) is 1. The molecule has 0 aliphatic carbocycles. The summed E-state index contributed by atoms with van der Waals surface area (Å²) in [6.45, 7) is 4.10. The van der Waals surface area contributed by atoms with E-state index in [0.29, 0.717) is 32.5 Å². The molecule has 0 unspecified atom stereocenters. The average molecular weight is 579 g/mol. The van der Waals surface area contributed by atoms with Crippen LogP contribution in [0, 0.1) is 6.92 Å². The summed E-state index contributed by atoms with van der Waals surface area (Å²) in [7, 11) is 0. The van der Waals surface area contributed by atoms with E-state index >= 15 is 0 Å². The van der Waals surface area contributed by atoms with E-state index in [2.05, 4.69) is 39.9 Å². The van der Waals surface area contributed by atoms with Gasteiger partial charge in [0.15, 0.2) is 10.9 Å². The van der Waals surface area contributed by atoms with Crippen molar-refractivity contribution in [2.45, 2.75) is 33.1 Å². The SMILES string of the molecule is CCCCc1ccc(-n2nc3cc(Cl)c(NC(=S)NC(=O)c4ccc(-c5ccc(C)c(Cl)c5)o4)cc3n2)cc1. The minimum Gasteiger partial charge on any atom is -0.451 e. The number of rotatable bonds is 7. The van der Waals surface area contributed by atoms with Gasteiger partial charge in [0.1, 0.15) is 16.8 Å². The van der Waals surface area contributed by atoms with Gasteiger partial charge in [0.2, 0.25) is 0 Å². The van der Waals surface area contributed by atoms with Crippen LogP contribution < -0.4 is 10.6 Å². The molecule has 0 atom stereocenters. The van der Waals surface area contributed by atoms with E-state index < -0.39 is 5.91 Å². The lowest BCUT2D eigenvalue weighted by molar-refractivity contribution is 0.0951. The van der Waals surface area contributed by atoms with Crippen LogP contribution in [0.15, 0.2) is 71.1 Å². The van der Waals surface area contributed by atoms with Gasteiger partial charge in [0.05, 0.1) is 16.4 Å². The highest BCUT2D eigenvalue weighted by Crippen LogP contribution is 2.28. The molecular formula is C29H25Cl2N5O2S. The second-order valence-electron chi connectivity index (χ2n) is 9.12. The van der Waals surface area contributed by atoms with Crippen molar-refractivity contribution in [3.63, 3.8) is 0 Å². The number of thiocarbonyl (C=S) groups is 1. The summed E-state index contributed by atoms with van der Waals surface area (Å²) in [6, 6.07) is 20.5. The number of nitrogens with zero attached hydrogens (tertiary/aromatic N) is 3. The Morgan fingerprint density at radius 3 is 2.44 bits per heavy atom. The van der Waals surface area contributed by atoms with Crippen molar-refractivity contribution in [1.29, 1.82) is 0 Å². The second kappa shape index (κ2) is 11.6. The standard InChI is InChI=1S/C29H25Cl2N5O2S/c1-3-4-5-18-7-10-20(11-8-18)36-34-24-15-22(31)23(16-25(24)35-36)32-29(39)33-28(37)27-13-12-26(38-27)19-9-6-17(2)21(30)14-19/h6-16H,3-5H2,1-2H3,(H2,32,33,37,39). The lowest BCUT2D eigenvalue weighted by Crippen LogP contribution is -2.33. The highest BCUT2D eigenvalue weighted by molar-refractivity contribution is 7.80. The molecule has 0 aliphatic rings. The molecule has 3 aromatic carbocycles. The number of hydrogen-bond acceptors (Lipinski definition) is 5. The maximum Gasteiger partial charge on any atom is 0.293 e. The zero-order valence-corrected chi connectivity index (χ0v) is 23.6. The Labute approximate surface area is 241 Å². The number of fused-ring (bicyclic) bond motifs is 1. The molecule has 2 aromatic heterocycles. The molecule has 0 spiro atoms. The van der Waals surface area contributed by atoms with Gasteiger partial charge in [0, 0.05) is 10.6 Å². The average Bonchev–Trinajstić information content (AvgIpc) is 3.57. The molecule has 2 heterocycles. The molecule has 39 heavy (non-hydrogen) atoms. The first-order chi connectivity index (χ1) is 18.8. The van der Waals surface area contributed by atoms with E-state index in [0.717, 1.165) is 36.1 Å². The third kappa shape index (κ3) is 6.14. The Morgan fingerprint density at radius 2 is 1.72 bits per heavy atom. The van der Waals surface area contributed by atoms with Crippen LogP contribution in [-0.2, 0) is 6.42 Å². The molecule has 0 saturated carbocycles. The molecule has 0 aliphatic heterocycles.